The first-order chi connectivity index (χ1) is 7.41. The highest BCUT2D eigenvalue weighted by atomic mass is 15.3. The summed E-state index contributed by atoms with van der Waals surface area (Å²) in [6, 6.07) is 0. The molecule has 0 saturated heterocycles. The Bertz CT molecular complexity index is 139. The lowest BCUT2D eigenvalue weighted by Crippen LogP contribution is -2.34. The van der Waals surface area contributed by atoms with Gasteiger partial charge in [-0.25, -0.2) is 0 Å². The molecule has 0 fully saturated rings. The van der Waals surface area contributed by atoms with Gasteiger partial charge < -0.3 is 27.5 Å². The maximum absolute atomic E-state index is 5.33. The van der Waals surface area contributed by atoms with Gasteiger partial charge in [-0.15, -0.1) is 0 Å². The highest BCUT2D eigenvalue weighted by molar-refractivity contribution is 4.55. The first-order valence-corrected chi connectivity index (χ1v) is 5.30. The fourth-order valence-corrected chi connectivity index (χ4v) is 1.02. The van der Waals surface area contributed by atoms with Crippen LogP contribution in [0.3, 0.4) is 0 Å². The molecule has 0 unspecified atom stereocenters. The lowest BCUT2D eigenvalue weighted by Gasteiger charge is -2.06. The smallest absolute Gasteiger partial charge is 0.0744 e. The largest absolute Gasteiger partial charge is 0.329 e. The molecule has 0 saturated carbocycles. The Labute approximate surface area is 91.0 Å². The Hall–Kier alpha value is -0.760. The highest BCUT2D eigenvalue weighted by Crippen LogP contribution is 1.67. The number of hydrogen-bond acceptors (Lipinski definition) is 6. The standard InChI is InChI=1S/C8H23N7/c9-1-2-11-3-4-12-5-6-13-7-8-14-15-10/h11-13H,1-9H2,(H2,10,14). The molecule has 15 heavy (non-hydrogen) atoms. The molecule has 0 rings (SSSR count). The molecule has 7 nitrogen and oxygen atoms in total. The van der Waals surface area contributed by atoms with E-state index in [2.05, 4.69) is 26.3 Å². The summed E-state index contributed by atoms with van der Waals surface area (Å²) >= 11 is 0. The zero-order chi connectivity index (χ0) is 11.2. The van der Waals surface area contributed by atoms with Crippen LogP contribution in [0, 0.1) is 0 Å². The minimum absolute atomic E-state index is 0.633. The van der Waals surface area contributed by atoms with Crippen molar-refractivity contribution in [3.05, 3.63) is 0 Å². The van der Waals surface area contributed by atoms with Crippen molar-refractivity contribution in [1.82, 2.24) is 16.0 Å². The van der Waals surface area contributed by atoms with Crippen LogP contribution in [0.15, 0.2) is 10.3 Å². The van der Waals surface area contributed by atoms with E-state index in [0.717, 1.165) is 39.3 Å². The third kappa shape index (κ3) is 13.2. The molecule has 0 amide bonds. The summed E-state index contributed by atoms with van der Waals surface area (Å²) in [5.74, 6) is 4.85. The van der Waals surface area contributed by atoms with Crippen LogP contribution in [-0.4, -0.2) is 52.4 Å². The zero-order valence-corrected chi connectivity index (χ0v) is 9.21. The van der Waals surface area contributed by atoms with Gasteiger partial charge in [-0.3, -0.25) is 0 Å². The number of hydrogen-bond donors (Lipinski definition) is 5. The van der Waals surface area contributed by atoms with E-state index in [9.17, 15) is 0 Å². The quantitative estimate of drug-likeness (QED) is 0.119. The average Bonchev–Trinajstić information content (AvgIpc) is 2.26. The number of nitrogens with one attached hydrogen (secondary N) is 3. The highest BCUT2D eigenvalue weighted by Gasteiger charge is 1.88. The molecule has 0 radical (unpaired) electrons. The predicted octanol–water partition coefficient (Wildman–Crippen LogP) is -1.96. The van der Waals surface area contributed by atoms with Gasteiger partial charge in [0.05, 0.1) is 6.54 Å². The minimum atomic E-state index is 0.633. The molecule has 0 aromatic rings. The van der Waals surface area contributed by atoms with E-state index in [4.69, 9.17) is 11.6 Å². The summed E-state index contributed by atoms with van der Waals surface area (Å²) in [7, 11) is 0. The van der Waals surface area contributed by atoms with Gasteiger partial charge in [-0.1, -0.05) is 5.22 Å². The number of nitrogens with zero attached hydrogens (tertiary/aromatic N) is 2. The van der Waals surface area contributed by atoms with Gasteiger partial charge >= 0.3 is 0 Å². The Morgan fingerprint density at radius 2 is 1.33 bits per heavy atom. The minimum Gasteiger partial charge on any atom is -0.329 e. The second-order valence-electron chi connectivity index (χ2n) is 3.02. The molecular weight excluding hydrogens is 194 g/mol. The number of nitrogens with two attached hydrogens (primary N) is 2. The average molecular weight is 217 g/mol. The Balaban J connectivity index is 2.86. The fraction of sp³-hybridized carbons (Fsp3) is 1.00. The monoisotopic (exact) mass is 217 g/mol. The van der Waals surface area contributed by atoms with Crippen molar-refractivity contribution < 1.29 is 0 Å². The Morgan fingerprint density at radius 1 is 0.800 bits per heavy atom. The molecule has 0 atom stereocenters. The van der Waals surface area contributed by atoms with E-state index >= 15 is 0 Å². The summed E-state index contributed by atoms with van der Waals surface area (Å²) in [5, 5.41) is 16.5. The van der Waals surface area contributed by atoms with Crippen LogP contribution in [0.5, 0.6) is 0 Å². The molecule has 7 heteroatoms. The van der Waals surface area contributed by atoms with Gasteiger partial charge in [0.15, 0.2) is 0 Å². The first-order valence-electron chi connectivity index (χ1n) is 5.30. The molecule has 0 spiro atoms. The molecule has 0 bridgehead atoms. The van der Waals surface area contributed by atoms with Crippen LogP contribution in [0.25, 0.3) is 0 Å². The van der Waals surface area contributed by atoms with Crippen LogP contribution in [-0.2, 0) is 0 Å². The maximum Gasteiger partial charge on any atom is 0.0744 e. The lowest BCUT2D eigenvalue weighted by atomic mass is 10.5. The van der Waals surface area contributed by atoms with Gasteiger partial charge in [0.25, 0.3) is 0 Å². The molecule has 0 aliphatic carbocycles. The Kier molecular flexibility index (Phi) is 12.6. The number of rotatable bonds is 11. The molecular formula is C8H23N7. The second kappa shape index (κ2) is 13.2. The molecule has 0 aromatic heterocycles. The van der Waals surface area contributed by atoms with Crippen LogP contribution < -0.4 is 27.5 Å². The van der Waals surface area contributed by atoms with E-state index < -0.39 is 0 Å². The van der Waals surface area contributed by atoms with Gasteiger partial charge in [0.1, 0.15) is 0 Å². The topological polar surface area (TPSA) is 113 Å². The summed E-state index contributed by atoms with van der Waals surface area (Å²) in [6.07, 6.45) is 0. The van der Waals surface area contributed by atoms with E-state index in [1.807, 2.05) is 0 Å². The van der Waals surface area contributed by atoms with Gasteiger partial charge in [0.2, 0.25) is 0 Å². The lowest BCUT2D eigenvalue weighted by molar-refractivity contribution is 0.583. The molecule has 90 valence electrons. The third-order valence-electron chi connectivity index (χ3n) is 1.75. The van der Waals surface area contributed by atoms with Crippen molar-refractivity contribution in [1.29, 1.82) is 0 Å². The summed E-state index contributed by atoms with van der Waals surface area (Å²) in [6.45, 7) is 6.81. The van der Waals surface area contributed by atoms with E-state index in [0.29, 0.717) is 13.1 Å². The van der Waals surface area contributed by atoms with Gasteiger partial charge in [0, 0.05) is 45.8 Å². The predicted molar refractivity (Wildman–Crippen MR) is 61.6 cm³/mol. The van der Waals surface area contributed by atoms with Gasteiger partial charge in [-0.2, -0.15) is 5.11 Å². The normalized spacial score (nSPS) is 11.3. The molecule has 0 heterocycles. The Morgan fingerprint density at radius 3 is 1.87 bits per heavy atom. The van der Waals surface area contributed by atoms with Crippen molar-refractivity contribution in [3.8, 4) is 0 Å². The van der Waals surface area contributed by atoms with Crippen molar-refractivity contribution in [2.24, 2.45) is 21.9 Å². The third-order valence-corrected chi connectivity index (χ3v) is 1.75. The maximum atomic E-state index is 5.33. The van der Waals surface area contributed by atoms with Crippen molar-refractivity contribution in [3.63, 3.8) is 0 Å². The van der Waals surface area contributed by atoms with Crippen molar-refractivity contribution >= 4 is 0 Å². The van der Waals surface area contributed by atoms with Crippen molar-refractivity contribution in [2.45, 2.75) is 0 Å². The summed E-state index contributed by atoms with van der Waals surface area (Å²) in [5.41, 5.74) is 5.33. The molecule has 7 N–H and O–H groups in total. The van der Waals surface area contributed by atoms with Gasteiger partial charge in [-0.05, 0) is 0 Å². The molecule has 0 aliphatic rings. The molecule has 0 aromatic carbocycles. The van der Waals surface area contributed by atoms with Crippen LogP contribution in [0.4, 0.5) is 0 Å². The molecule has 0 aliphatic heterocycles. The van der Waals surface area contributed by atoms with E-state index in [-0.39, 0.29) is 0 Å². The SMILES string of the molecule is NCCNCCNCCNCCN=NN. The fourth-order valence-electron chi connectivity index (χ4n) is 1.02. The van der Waals surface area contributed by atoms with Crippen molar-refractivity contribution in [2.75, 3.05) is 52.4 Å². The first kappa shape index (κ1) is 14.2. The zero-order valence-electron chi connectivity index (χ0n) is 9.21. The van der Waals surface area contributed by atoms with Crippen LogP contribution in [0.1, 0.15) is 0 Å². The van der Waals surface area contributed by atoms with E-state index in [1.54, 1.807) is 0 Å². The second-order valence-corrected chi connectivity index (χ2v) is 3.02. The summed E-state index contributed by atoms with van der Waals surface area (Å²) < 4.78 is 0. The van der Waals surface area contributed by atoms with Crippen LogP contribution in [0.2, 0.25) is 0 Å². The summed E-state index contributed by atoms with van der Waals surface area (Å²) in [4.78, 5) is 0. The van der Waals surface area contributed by atoms with E-state index in [1.165, 1.54) is 0 Å². The van der Waals surface area contributed by atoms with Crippen LogP contribution >= 0.6 is 0 Å².